The van der Waals surface area contributed by atoms with Crippen molar-refractivity contribution >= 4 is 6.09 Å². The molecule has 1 rings (SSSR count). The normalized spacial score (nSPS) is 28.2. The third kappa shape index (κ3) is 2.36. The molecule has 0 N–H and O–H groups in total. The molecule has 0 saturated carbocycles. The second-order valence-corrected chi connectivity index (χ2v) is 4.12. The van der Waals surface area contributed by atoms with Crippen LogP contribution in [0.25, 0.3) is 0 Å². The number of carbonyl (C=O) groups excluding carboxylic acids is 1. The number of amides is 1. The predicted octanol–water partition coefficient (Wildman–Crippen LogP) is 2.40. The Labute approximate surface area is 80.1 Å². The number of likely N-dealkylation sites (tertiary alicyclic amines) is 1. The van der Waals surface area contributed by atoms with Crippen molar-refractivity contribution in [3.05, 3.63) is 0 Å². The minimum Gasteiger partial charge on any atom is -0.447 e. The van der Waals surface area contributed by atoms with E-state index in [2.05, 4.69) is 13.8 Å². The van der Waals surface area contributed by atoms with Gasteiger partial charge in [0.2, 0.25) is 0 Å². The van der Waals surface area contributed by atoms with E-state index in [0.717, 1.165) is 12.8 Å². The molecule has 13 heavy (non-hydrogen) atoms. The van der Waals surface area contributed by atoms with E-state index in [-0.39, 0.29) is 12.2 Å². The molecule has 1 amide bonds. The molecule has 1 heterocycles. The van der Waals surface area contributed by atoms with E-state index in [0.29, 0.717) is 12.1 Å². The summed E-state index contributed by atoms with van der Waals surface area (Å²) in [5.74, 6) is 0. The Morgan fingerprint density at radius 1 is 1.31 bits per heavy atom. The lowest BCUT2D eigenvalue weighted by atomic mass is 10.2. The maximum Gasteiger partial charge on any atom is 0.410 e. The molecular weight excluding hydrogens is 166 g/mol. The highest BCUT2D eigenvalue weighted by Gasteiger charge is 2.32. The molecule has 1 fully saturated rings. The van der Waals surface area contributed by atoms with Gasteiger partial charge in [-0.1, -0.05) is 0 Å². The fourth-order valence-electron chi connectivity index (χ4n) is 1.82. The van der Waals surface area contributed by atoms with E-state index in [9.17, 15) is 4.79 Å². The molecule has 1 saturated heterocycles. The monoisotopic (exact) mass is 185 g/mol. The second-order valence-electron chi connectivity index (χ2n) is 4.12. The molecule has 3 nitrogen and oxygen atoms in total. The van der Waals surface area contributed by atoms with Crippen molar-refractivity contribution in [1.29, 1.82) is 0 Å². The molecule has 3 heteroatoms. The summed E-state index contributed by atoms with van der Waals surface area (Å²) in [7, 11) is 0. The number of rotatable bonds is 1. The largest absolute Gasteiger partial charge is 0.447 e. The molecule has 0 aromatic heterocycles. The molecule has 76 valence electrons. The summed E-state index contributed by atoms with van der Waals surface area (Å²) in [5, 5.41) is 0. The van der Waals surface area contributed by atoms with E-state index in [1.54, 1.807) is 0 Å². The van der Waals surface area contributed by atoms with Crippen LogP contribution in [0, 0.1) is 0 Å². The van der Waals surface area contributed by atoms with Crippen LogP contribution in [0.3, 0.4) is 0 Å². The van der Waals surface area contributed by atoms with E-state index in [1.807, 2.05) is 18.7 Å². The predicted molar refractivity (Wildman–Crippen MR) is 51.6 cm³/mol. The maximum atomic E-state index is 11.6. The zero-order valence-electron chi connectivity index (χ0n) is 8.91. The standard InChI is InChI=1S/C10H19NO2/c1-7(2)13-10(12)11-8(3)5-6-9(11)4/h7-9H,5-6H2,1-4H3. The van der Waals surface area contributed by atoms with Crippen LogP contribution in [0.5, 0.6) is 0 Å². The first kappa shape index (κ1) is 10.4. The van der Waals surface area contributed by atoms with E-state index < -0.39 is 0 Å². The van der Waals surface area contributed by atoms with Crippen molar-refractivity contribution < 1.29 is 9.53 Å². The Morgan fingerprint density at radius 3 is 2.15 bits per heavy atom. The van der Waals surface area contributed by atoms with Crippen LogP contribution in [0.2, 0.25) is 0 Å². The van der Waals surface area contributed by atoms with Crippen molar-refractivity contribution in [2.24, 2.45) is 0 Å². The molecule has 1 aliphatic heterocycles. The van der Waals surface area contributed by atoms with Crippen LogP contribution >= 0.6 is 0 Å². The zero-order valence-corrected chi connectivity index (χ0v) is 8.91. The number of carbonyl (C=O) groups is 1. The number of nitrogens with zero attached hydrogens (tertiary/aromatic N) is 1. The SMILES string of the molecule is CC(C)OC(=O)N1C(C)CCC1C. The molecular formula is C10H19NO2. The third-order valence-corrected chi connectivity index (χ3v) is 2.50. The number of ether oxygens (including phenoxy) is 1. The first-order chi connectivity index (χ1) is 6.02. The van der Waals surface area contributed by atoms with E-state index >= 15 is 0 Å². The van der Waals surface area contributed by atoms with Crippen LogP contribution in [0.15, 0.2) is 0 Å². The van der Waals surface area contributed by atoms with Gasteiger partial charge in [0.05, 0.1) is 6.10 Å². The first-order valence-corrected chi connectivity index (χ1v) is 5.01. The molecule has 0 aromatic carbocycles. The summed E-state index contributed by atoms with van der Waals surface area (Å²) in [6.07, 6.45) is 2.00. The fraction of sp³-hybridized carbons (Fsp3) is 0.900. The fourth-order valence-corrected chi connectivity index (χ4v) is 1.82. The zero-order chi connectivity index (χ0) is 10.0. The highest BCUT2D eigenvalue weighted by atomic mass is 16.6. The summed E-state index contributed by atoms with van der Waals surface area (Å²) in [4.78, 5) is 13.4. The summed E-state index contributed by atoms with van der Waals surface area (Å²) in [6, 6.07) is 0.669. The molecule has 0 aromatic rings. The second kappa shape index (κ2) is 3.99. The van der Waals surface area contributed by atoms with Crippen molar-refractivity contribution in [2.45, 2.75) is 58.7 Å². The smallest absolute Gasteiger partial charge is 0.410 e. The molecule has 0 radical (unpaired) electrons. The van der Waals surface area contributed by atoms with Crippen molar-refractivity contribution in [1.82, 2.24) is 4.90 Å². The van der Waals surface area contributed by atoms with Crippen molar-refractivity contribution in [3.63, 3.8) is 0 Å². The van der Waals surface area contributed by atoms with Gasteiger partial charge in [-0.25, -0.2) is 4.79 Å². The topological polar surface area (TPSA) is 29.5 Å². The molecule has 0 aliphatic carbocycles. The average molecular weight is 185 g/mol. The Kier molecular flexibility index (Phi) is 3.17. The minimum absolute atomic E-state index is 0.0208. The molecule has 0 bridgehead atoms. The van der Waals surface area contributed by atoms with Gasteiger partial charge in [0.25, 0.3) is 0 Å². The highest BCUT2D eigenvalue weighted by molar-refractivity contribution is 5.69. The van der Waals surface area contributed by atoms with Crippen molar-refractivity contribution in [3.8, 4) is 0 Å². The van der Waals surface area contributed by atoms with Gasteiger partial charge in [-0.2, -0.15) is 0 Å². The van der Waals surface area contributed by atoms with Crippen LogP contribution in [-0.2, 0) is 4.74 Å². The Balaban J connectivity index is 2.54. The summed E-state index contributed by atoms with van der Waals surface area (Å²) < 4.78 is 5.16. The van der Waals surface area contributed by atoms with Gasteiger partial charge in [-0.15, -0.1) is 0 Å². The van der Waals surface area contributed by atoms with Gasteiger partial charge in [0.1, 0.15) is 0 Å². The van der Waals surface area contributed by atoms with Gasteiger partial charge >= 0.3 is 6.09 Å². The lowest BCUT2D eigenvalue weighted by Gasteiger charge is -2.26. The Hall–Kier alpha value is -0.730. The minimum atomic E-state index is -0.160. The summed E-state index contributed by atoms with van der Waals surface area (Å²) >= 11 is 0. The van der Waals surface area contributed by atoms with Gasteiger partial charge in [-0.05, 0) is 40.5 Å². The van der Waals surface area contributed by atoms with E-state index in [4.69, 9.17) is 4.74 Å². The summed E-state index contributed by atoms with van der Waals surface area (Å²) in [6.45, 7) is 7.91. The average Bonchev–Trinajstić information content (AvgIpc) is 2.29. The van der Waals surface area contributed by atoms with Gasteiger partial charge < -0.3 is 9.64 Å². The number of hydrogen-bond donors (Lipinski definition) is 0. The maximum absolute atomic E-state index is 11.6. The van der Waals surface area contributed by atoms with Gasteiger partial charge in [-0.3, -0.25) is 0 Å². The third-order valence-electron chi connectivity index (χ3n) is 2.50. The van der Waals surface area contributed by atoms with Crippen LogP contribution in [0.4, 0.5) is 4.79 Å². The summed E-state index contributed by atoms with van der Waals surface area (Å²) in [5.41, 5.74) is 0. The Bertz CT molecular complexity index is 181. The van der Waals surface area contributed by atoms with Gasteiger partial charge in [0.15, 0.2) is 0 Å². The van der Waals surface area contributed by atoms with Crippen molar-refractivity contribution in [2.75, 3.05) is 0 Å². The molecule has 0 spiro atoms. The Morgan fingerprint density at radius 2 is 1.77 bits per heavy atom. The quantitative estimate of drug-likeness (QED) is 0.627. The lowest BCUT2D eigenvalue weighted by Crippen LogP contribution is -2.39. The van der Waals surface area contributed by atoms with E-state index in [1.165, 1.54) is 0 Å². The molecule has 2 atom stereocenters. The first-order valence-electron chi connectivity index (χ1n) is 5.01. The van der Waals surface area contributed by atoms with Crippen LogP contribution < -0.4 is 0 Å². The van der Waals surface area contributed by atoms with Gasteiger partial charge in [0, 0.05) is 12.1 Å². The lowest BCUT2D eigenvalue weighted by molar-refractivity contribution is 0.0656. The molecule has 1 aliphatic rings. The van der Waals surface area contributed by atoms with Crippen LogP contribution in [0.1, 0.15) is 40.5 Å². The highest BCUT2D eigenvalue weighted by Crippen LogP contribution is 2.24. The molecule has 2 unspecified atom stereocenters. The van der Waals surface area contributed by atoms with Crippen LogP contribution in [-0.4, -0.2) is 29.2 Å². The number of hydrogen-bond acceptors (Lipinski definition) is 2.